The summed E-state index contributed by atoms with van der Waals surface area (Å²) in [7, 11) is 0. The van der Waals surface area contributed by atoms with Gasteiger partial charge in [0.15, 0.2) is 0 Å². The monoisotopic (exact) mass is 377 g/mol. The highest BCUT2D eigenvalue weighted by atomic mass is 16.6. The first-order chi connectivity index (χ1) is 13.0. The van der Waals surface area contributed by atoms with Crippen LogP contribution in [0.2, 0.25) is 0 Å². The van der Waals surface area contributed by atoms with Gasteiger partial charge in [-0.2, -0.15) is 0 Å². The van der Waals surface area contributed by atoms with Gasteiger partial charge in [-0.15, -0.1) is 0 Å². The quantitative estimate of drug-likeness (QED) is 0.509. The molecular weight excluding hydrogens is 346 g/mol. The van der Waals surface area contributed by atoms with Crippen molar-refractivity contribution in [1.82, 2.24) is 5.32 Å². The number of nitrogens with two attached hydrogens (primary N) is 1. The molecule has 1 aromatic carbocycles. The fraction of sp³-hybridized carbons (Fsp3) is 0.650. The molecule has 4 N–H and O–H groups in total. The smallest absolute Gasteiger partial charge is 0.404 e. The number of rotatable bonds is 6. The number of nitro benzene ring substituents is 1. The molecule has 2 saturated carbocycles. The van der Waals surface area contributed by atoms with Gasteiger partial charge in [-0.1, -0.05) is 37.8 Å². The molecule has 2 fully saturated rings. The van der Waals surface area contributed by atoms with Gasteiger partial charge in [-0.3, -0.25) is 10.1 Å². The maximum absolute atomic E-state index is 10.5. The molecule has 150 valence electrons. The Morgan fingerprint density at radius 2 is 1.70 bits per heavy atom. The molecule has 27 heavy (non-hydrogen) atoms. The highest BCUT2D eigenvalue weighted by Gasteiger charge is 2.22. The van der Waals surface area contributed by atoms with Crippen molar-refractivity contribution >= 4 is 11.8 Å². The average Bonchev–Trinajstić information content (AvgIpc) is 3.35. The van der Waals surface area contributed by atoms with Crippen molar-refractivity contribution in [1.29, 1.82) is 0 Å². The first-order valence-corrected chi connectivity index (χ1v) is 9.91. The van der Waals surface area contributed by atoms with Crippen LogP contribution in [0.1, 0.15) is 56.9 Å². The molecule has 0 bridgehead atoms. The van der Waals surface area contributed by atoms with Crippen LogP contribution in [-0.4, -0.2) is 28.7 Å². The Hall–Kier alpha value is -2.15. The highest BCUT2D eigenvalue weighted by molar-refractivity contribution is 5.64. The van der Waals surface area contributed by atoms with Gasteiger partial charge >= 0.3 is 6.09 Å². The summed E-state index contributed by atoms with van der Waals surface area (Å²) in [6, 6.07) is 6.92. The van der Waals surface area contributed by atoms with Crippen molar-refractivity contribution in [3.05, 3.63) is 39.9 Å². The summed E-state index contributed by atoms with van der Waals surface area (Å²) in [6.45, 7) is 0.648. The van der Waals surface area contributed by atoms with Gasteiger partial charge in [0, 0.05) is 24.7 Å². The number of hydrogen-bond acceptors (Lipinski definition) is 4. The van der Waals surface area contributed by atoms with Crippen LogP contribution in [0.5, 0.6) is 0 Å². The van der Waals surface area contributed by atoms with Gasteiger partial charge < -0.3 is 16.2 Å². The molecule has 2 aliphatic rings. The molecule has 0 radical (unpaired) electrons. The van der Waals surface area contributed by atoms with Gasteiger partial charge in [0.25, 0.3) is 5.69 Å². The summed E-state index contributed by atoms with van der Waals surface area (Å²) in [6.07, 6.45) is 9.90. The van der Waals surface area contributed by atoms with Crippen LogP contribution >= 0.6 is 0 Å². The minimum atomic E-state index is -0.896. The highest BCUT2D eigenvalue weighted by Crippen LogP contribution is 2.28. The zero-order chi connectivity index (χ0) is 19.6. The number of nitro groups is 1. The third kappa shape index (κ3) is 7.54. The molecule has 0 spiro atoms. The Kier molecular flexibility index (Phi) is 8.51. The number of amides is 1. The van der Waals surface area contributed by atoms with E-state index in [4.69, 9.17) is 10.8 Å². The molecule has 0 saturated heterocycles. The standard InChI is InChI=1S/C13H18N2O2.C7H13NO2/c14-13(11-3-1-2-4-11)9-10-5-7-12(8-6-10)15(16)17;9-7(10)8-5-6-3-1-2-4-6/h5-8,11,13H,1-4,9,14H2;6,8H,1-5H2,(H,9,10). The molecule has 2 aliphatic carbocycles. The minimum Gasteiger partial charge on any atom is -0.465 e. The second kappa shape index (κ2) is 10.9. The predicted molar refractivity (Wildman–Crippen MR) is 105 cm³/mol. The lowest BCUT2D eigenvalue weighted by Crippen LogP contribution is -2.30. The summed E-state index contributed by atoms with van der Waals surface area (Å²) < 4.78 is 0. The first-order valence-electron chi connectivity index (χ1n) is 9.91. The second-order valence-corrected chi connectivity index (χ2v) is 7.67. The molecule has 7 heteroatoms. The lowest BCUT2D eigenvalue weighted by atomic mass is 9.93. The molecule has 0 aliphatic heterocycles. The van der Waals surface area contributed by atoms with E-state index in [1.165, 1.54) is 51.4 Å². The van der Waals surface area contributed by atoms with Gasteiger partial charge in [-0.05, 0) is 49.5 Å². The van der Waals surface area contributed by atoms with Crippen LogP contribution in [0.25, 0.3) is 0 Å². The van der Waals surface area contributed by atoms with Crippen molar-refractivity contribution in [3.63, 3.8) is 0 Å². The topological polar surface area (TPSA) is 118 Å². The largest absolute Gasteiger partial charge is 0.465 e. The number of carboxylic acid groups (broad SMARTS) is 1. The van der Waals surface area contributed by atoms with Crippen molar-refractivity contribution in [3.8, 4) is 0 Å². The van der Waals surface area contributed by atoms with E-state index in [0.717, 1.165) is 12.0 Å². The summed E-state index contributed by atoms with van der Waals surface area (Å²) in [5.41, 5.74) is 7.41. The Morgan fingerprint density at radius 1 is 1.15 bits per heavy atom. The molecule has 1 amide bonds. The number of hydrogen-bond donors (Lipinski definition) is 3. The summed E-state index contributed by atoms with van der Waals surface area (Å²) in [5.74, 6) is 1.24. The molecule has 1 aromatic rings. The van der Waals surface area contributed by atoms with Crippen molar-refractivity contribution in [2.24, 2.45) is 17.6 Å². The third-order valence-electron chi connectivity index (χ3n) is 5.64. The molecule has 3 rings (SSSR count). The Balaban J connectivity index is 0.000000223. The minimum absolute atomic E-state index is 0.142. The molecule has 0 aromatic heterocycles. The number of non-ortho nitro benzene ring substituents is 1. The molecular formula is C20H31N3O4. The van der Waals surface area contributed by atoms with E-state index >= 15 is 0 Å². The summed E-state index contributed by atoms with van der Waals surface area (Å²) in [5, 5.41) is 21.2. The zero-order valence-electron chi connectivity index (χ0n) is 15.8. The fourth-order valence-electron chi connectivity index (χ4n) is 4.02. The SMILES string of the molecule is NC(Cc1ccc([N+](=O)[O-])cc1)C1CCCC1.O=C(O)NCC1CCCC1. The molecule has 7 nitrogen and oxygen atoms in total. The van der Waals surface area contributed by atoms with Gasteiger partial charge in [0.2, 0.25) is 0 Å². The van der Waals surface area contributed by atoms with E-state index in [0.29, 0.717) is 18.4 Å². The Morgan fingerprint density at radius 3 is 2.22 bits per heavy atom. The molecule has 1 atom stereocenters. The van der Waals surface area contributed by atoms with Gasteiger partial charge in [0.05, 0.1) is 4.92 Å². The fourth-order valence-corrected chi connectivity index (χ4v) is 4.02. The zero-order valence-corrected chi connectivity index (χ0v) is 15.8. The third-order valence-corrected chi connectivity index (χ3v) is 5.64. The lowest BCUT2D eigenvalue weighted by Gasteiger charge is -2.18. The van der Waals surface area contributed by atoms with Crippen molar-refractivity contribution in [2.75, 3.05) is 6.54 Å². The average molecular weight is 377 g/mol. The van der Waals surface area contributed by atoms with Crippen LogP contribution < -0.4 is 11.1 Å². The maximum atomic E-state index is 10.5. The van der Waals surface area contributed by atoms with Gasteiger partial charge in [0.1, 0.15) is 0 Å². The summed E-state index contributed by atoms with van der Waals surface area (Å²) in [4.78, 5) is 20.2. The van der Waals surface area contributed by atoms with E-state index in [9.17, 15) is 14.9 Å². The normalized spacial score (nSPS) is 18.6. The Bertz CT molecular complexity index is 594. The number of nitrogens with zero attached hydrogens (tertiary/aromatic N) is 1. The second-order valence-electron chi connectivity index (χ2n) is 7.67. The van der Waals surface area contributed by atoms with E-state index in [1.54, 1.807) is 12.1 Å². The maximum Gasteiger partial charge on any atom is 0.404 e. The van der Waals surface area contributed by atoms with E-state index in [-0.39, 0.29) is 16.7 Å². The van der Waals surface area contributed by atoms with Crippen LogP contribution in [0.4, 0.5) is 10.5 Å². The van der Waals surface area contributed by atoms with Crippen LogP contribution in [-0.2, 0) is 6.42 Å². The number of nitrogens with one attached hydrogen (secondary N) is 1. The number of benzene rings is 1. The van der Waals surface area contributed by atoms with E-state index in [1.807, 2.05) is 12.1 Å². The predicted octanol–water partition coefficient (Wildman–Crippen LogP) is 4.10. The summed E-state index contributed by atoms with van der Waals surface area (Å²) >= 11 is 0. The molecule has 0 heterocycles. The first kappa shape index (κ1) is 21.2. The van der Waals surface area contributed by atoms with Crippen molar-refractivity contribution in [2.45, 2.75) is 63.8 Å². The van der Waals surface area contributed by atoms with Crippen molar-refractivity contribution < 1.29 is 14.8 Å². The van der Waals surface area contributed by atoms with Crippen LogP contribution in [0, 0.1) is 22.0 Å². The van der Waals surface area contributed by atoms with E-state index < -0.39 is 6.09 Å². The van der Waals surface area contributed by atoms with E-state index in [2.05, 4.69) is 5.32 Å². The van der Waals surface area contributed by atoms with Gasteiger partial charge in [-0.25, -0.2) is 4.79 Å². The number of carbonyl (C=O) groups is 1. The molecule has 1 unspecified atom stereocenters. The van der Waals surface area contributed by atoms with Crippen LogP contribution in [0.15, 0.2) is 24.3 Å². The Labute approximate surface area is 160 Å². The van der Waals surface area contributed by atoms with Crippen LogP contribution in [0.3, 0.4) is 0 Å². The lowest BCUT2D eigenvalue weighted by molar-refractivity contribution is -0.384.